The lowest BCUT2D eigenvalue weighted by Gasteiger charge is -2.11. The SMILES string of the molecule is Cc1cc(NC(=O)c2ccc(/C=C/c3ccc(N(C)C)cc3)nc2)cn1C. The third kappa shape index (κ3) is 4.64. The Morgan fingerprint density at radius 3 is 2.41 bits per heavy atom. The van der Waals surface area contributed by atoms with Crippen molar-refractivity contribution in [2.75, 3.05) is 24.3 Å². The molecule has 0 radical (unpaired) electrons. The van der Waals surface area contributed by atoms with Crippen LogP contribution in [-0.4, -0.2) is 29.6 Å². The lowest BCUT2D eigenvalue weighted by atomic mass is 10.1. The number of aryl methyl sites for hydroxylation is 2. The maximum atomic E-state index is 12.3. The van der Waals surface area contributed by atoms with E-state index in [1.165, 1.54) is 0 Å². The number of aromatic nitrogens is 2. The molecule has 138 valence electrons. The van der Waals surface area contributed by atoms with Gasteiger partial charge >= 0.3 is 0 Å². The van der Waals surface area contributed by atoms with E-state index >= 15 is 0 Å². The molecule has 2 aromatic heterocycles. The zero-order valence-corrected chi connectivity index (χ0v) is 16.1. The van der Waals surface area contributed by atoms with Crippen molar-refractivity contribution >= 4 is 29.4 Å². The smallest absolute Gasteiger partial charge is 0.257 e. The summed E-state index contributed by atoms with van der Waals surface area (Å²) in [6.07, 6.45) is 7.43. The number of rotatable bonds is 5. The molecule has 0 saturated heterocycles. The molecule has 1 aromatic carbocycles. The lowest BCUT2D eigenvalue weighted by Crippen LogP contribution is -2.11. The highest BCUT2D eigenvalue weighted by Gasteiger charge is 2.08. The van der Waals surface area contributed by atoms with Crippen molar-refractivity contribution in [3.8, 4) is 0 Å². The van der Waals surface area contributed by atoms with Crippen LogP contribution in [0.2, 0.25) is 0 Å². The van der Waals surface area contributed by atoms with Gasteiger partial charge in [0.25, 0.3) is 5.91 Å². The van der Waals surface area contributed by atoms with Crippen molar-refractivity contribution in [2.45, 2.75) is 6.92 Å². The van der Waals surface area contributed by atoms with Crippen molar-refractivity contribution in [1.82, 2.24) is 9.55 Å². The van der Waals surface area contributed by atoms with E-state index in [1.807, 2.05) is 63.1 Å². The van der Waals surface area contributed by atoms with E-state index in [0.717, 1.165) is 28.3 Å². The highest BCUT2D eigenvalue weighted by molar-refractivity contribution is 6.04. The molecule has 3 rings (SSSR count). The zero-order chi connectivity index (χ0) is 19.4. The minimum absolute atomic E-state index is 0.164. The van der Waals surface area contributed by atoms with Gasteiger partial charge in [-0.2, -0.15) is 0 Å². The molecular weight excluding hydrogens is 336 g/mol. The van der Waals surface area contributed by atoms with E-state index < -0.39 is 0 Å². The number of nitrogens with zero attached hydrogens (tertiary/aromatic N) is 3. The van der Waals surface area contributed by atoms with Gasteiger partial charge in [0.05, 0.1) is 16.9 Å². The first-order valence-electron chi connectivity index (χ1n) is 8.78. The monoisotopic (exact) mass is 360 g/mol. The summed E-state index contributed by atoms with van der Waals surface area (Å²) < 4.78 is 1.97. The number of hydrogen-bond donors (Lipinski definition) is 1. The molecule has 0 aliphatic carbocycles. The van der Waals surface area contributed by atoms with Crippen LogP contribution >= 0.6 is 0 Å². The molecule has 3 aromatic rings. The molecule has 0 saturated carbocycles. The number of pyridine rings is 1. The second-order valence-corrected chi connectivity index (χ2v) is 6.73. The highest BCUT2D eigenvalue weighted by Crippen LogP contribution is 2.15. The van der Waals surface area contributed by atoms with Crippen LogP contribution in [0.5, 0.6) is 0 Å². The minimum atomic E-state index is -0.164. The first-order valence-corrected chi connectivity index (χ1v) is 8.78. The van der Waals surface area contributed by atoms with E-state index in [2.05, 4.69) is 39.5 Å². The second kappa shape index (κ2) is 7.91. The first-order chi connectivity index (χ1) is 12.9. The Balaban J connectivity index is 1.64. The predicted molar refractivity (Wildman–Crippen MR) is 112 cm³/mol. The van der Waals surface area contributed by atoms with Crippen molar-refractivity contribution in [1.29, 1.82) is 0 Å². The number of hydrogen-bond acceptors (Lipinski definition) is 3. The molecule has 5 heteroatoms. The van der Waals surface area contributed by atoms with Crippen LogP contribution in [0, 0.1) is 6.92 Å². The topological polar surface area (TPSA) is 50.2 Å². The van der Waals surface area contributed by atoms with Crippen molar-refractivity contribution in [3.63, 3.8) is 0 Å². The molecule has 0 bridgehead atoms. The van der Waals surface area contributed by atoms with Crippen LogP contribution < -0.4 is 10.2 Å². The fourth-order valence-corrected chi connectivity index (χ4v) is 2.65. The van der Waals surface area contributed by atoms with Gasteiger partial charge in [0.1, 0.15) is 0 Å². The van der Waals surface area contributed by atoms with Gasteiger partial charge in [0, 0.05) is 44.9 Å². The molecule has 2 heterocycles. The van der Waals surface area contributed by atoms with Gasteiger partial charge in [-0.15, -0.1) is 0 Å². The summed E-state index contributed by atoms with van der Waals surface area (Å²) in [7, 11) is 5.98. The quantitative estimate of drug-likeness (QED) is 0.741. The van der Waals surface area contributed by atoms with Crippen LogP contribution in [-0.2, 0) is 7.05 Å². The Morgan fingerprint density at radius 2 is 1.85 bits per heavy atom. The number of amides is 1. The molecule has 1 amide bonds. The summed E-state index contributed by atoms with van der Waals surface area (Å²) >= 11 is 0. The fraction of sp³-hybridized carbons (Fsp3) is 0.182. The Bertz CT molecular complexity index is 931. The van der Waals surface area contributed by atoms with E-state index in [0.29, 0.717) is 5.56 Å². The number of nitrogens with one attached hydrogen (secondary N) is 1. The third-order valence-corrected chi connectivity index (χ3v) is 4.42. The van der Waals surface area contributed by atoms with E-state index in [1.54, 1.807) is 12.3 Å². The van der Waals surface area contributed by atoms with Gasteiger partial charge < -0.3 is 14.8 Å². The van der Waals surface area contributed by atoms with Gasteiger partial charge in [0.2, 0.25) is 0 Å². The number of benzene rings is 1. The maximum absolute atomic E-state index is 12.3. The maximum Gasteiger partial charge on any atom is 0.257 e. The standard InChI is InChI=1S/C22H24N4O/c1-16-13-20(15-26(16)4)24-22(27)18-8-10-19(23-14-18)9-5-17-6-11-21(12-7-17)25(2)3/h5-15H,1-4H3,(H,24,27)/b9-5+. The zero-order valence-electron chi connectivity index (χ0n) is 16.1. The second-order valence-electron chi connectivity index (χ2n) is 6.73. The summed E-state index contributed by atoms with van der Waals surface area (Å²) in [5, 5.41) is 2.89. The van der Waals surface area contributed by atoms with E-state index in [9.17, 15) is 4.79 Å². The molecule has 0 unspecified atom stereocenters. The van der Waals surface area contributed by atoms with Crippen molar-refractivity contribution < 1.29 is 4.79 Å². The molecule has 1 N–H and O–H groups in total. The van der Waals surface area contributed by atoms with Crippen LogP contribution in [0.25, 0.3) is 12.2 Å². The largest absolute Gasteiger partial charge is 0.378 e. The summed E-state index contributed by atoms with van der Waals surface area (Å²) in [6.45, 7) is 1.99. The molecule has 0 aliphatic rings. The van der Waals surface area contributed by atoms with E-state index in [-0.39, 0.29) is 5.91 Å². The summed E-state index contributed by atoms with van der Waals surface area (Å²) in [5.41, 5.74) is 5.47. The molecule has 0 aliphatic heterocycles. The Kier molecular flexibility index (Phi) is 5.41. The summed E-state index contributed by atoms with van der Waals surface area (Å²) in [5.74, 6) is -0.164. The van der Waals surface area contributed by atoms with Gasteiger partial charge in [-0.25, -0.2) is 0 Å². The normalized spacial score (nSPS) is 11.0. The van der Waals surface area contributed by atoms with E-state index in [4.69, 9.17) is 0 Å². The Morgan fingerprint density at radius 1 is 1.11 bits per heavy atom. The third-order valence-electron chi connectivity index (χ3n) is 4.42. The van der Waals surface area contributed by atoms with Gasteiger partial charge in [0.15, 0.2) is 0 Å². The van der Waals surface area contributed by atoms with Gasteiger partial charge in [-0.1, -0.05) is 18.2 Å². The summed E-state index contributed by atoms with van der Waals surface area (Å²) in [6, 6.07) is 13.8. The first kappa shape index (κ1) is 18.5. The fourth-order valence-electron chi connectivity index (χ4n) is 2.65. The lowest BCUT2D eigenvalue weighted by molar-refractivity contribution is 0.102. The van der Waals surface area contributed by atoms with Crippen molar-refractivity contribution in [2.24, 2.45) is 7.05 Å². The molecule has 0 spiro atoms. The average Bonchev–Trinajstić information content (AvgIpc) is 2.97. The van der Waals surface area contributed by atoms with Crippen LogP contribution in [0.1, 0.15) is 27.3 Å². The Hall–Kier alpha value is -3.34. The number of carbonyl (C=O) groups is 1. The molecule has 0 fully saturated rings. The van der Waals surface area contributed by atoms with Gasteiger partial charge in [-0.3, -0.25) is 9.78 Å². The average molecular weight is 360 g/mol. The van der Waals surface area contributed by atoms with Crippen molar-refractivity contribution in [3.05, 3.63) is 77.4 Å². The molecule has 27 heavy (non-hydrogen) atoms. The molecule has 5 nitrogen and oxygen atoms in total. The molecular formula is C22H24N4O. The summed E-state index contributed by atoms with van der Waals surface area (Å²) in [4.78, 5) is 18.8. The van der Waals surface area contributed by atoms with Crippen LogP contribution in [0.3, 0.4) is 0 Å². The Labute approximate surface area is 160 Å². The number of anilines is 2. The van der Waals surface area contributed by atoms with Gasteiger partial charge in [-0.05, 0) is 48.9 Å². The predicted octanol–water partition coefficient (Wildman–Crippen LogP) is 4.22. The highest BCUT2D eigenvalue weighted by atomic mass is 16.1. The van der Waals surface area contributed by atoms with Crippen LogP contribution in [0.4, 0.5) is 11.4 Å². The van der Waals surface area contributed by atoms with Crippen LogP contribution in [0.15, 0.2) is 54.9 Å². The minimum Gasteiger partial charge on any atom is -0.378 e. The number of carbonyl (C=O) groups excluding carboxylic acids is 1. The molecule has 0 atom stereocenters.